The van der Waals surface area contributed by atoms with E-state index in [1.165, 1.54) is 0 Å². The molecule has 11 nitrogen and oxygen atoms in total. The number of carbonyl (C=O) groups is 5. The molecule has 6 fully saturated rings. The highest BCUT2D eigenvalue weighted by atomic mass is 32.2. The number of hydrogen-bond donors (Lipinski definition) is 2. The van der Waals surface area contributed by atoms with Crippen LogP contribution < -0.4 is 10.0 Å². The lowest BCUT2D eigenvalue weighted by Crippen LogP contribution is -2.54. The minimum atomic E-state index is -3.78. The van der Waals surface area contributed by atoms with Gasteiger partial charge in [-0.05, 0) is 92.0 Å². The number of fused-ring (bicyclic) bond motifs is 1. The maximum absolute atomic E-state index is 15.2. The molecular formula is C44H72N4O7S. The summed E-state index contributed by atoms with van der Waals surface area (Å²) in [5.41, 5.74) is -1.49. The van der Waals surface area contributed by atoms with Crippen molar-refractivity contribution in [1.82, 2.24) is 19.8 Å². The number of carbonyl (C=O) groups excluding carboxylic acids is 5. The largest absolute Gasteiger partial charge is 0.345 e. The zero-order chi connectivity index (χ0) is 41.2. The number of sulfonamides is 1. The summed E-state index contributed by atoms with van der Waals surface area (Å²) < 4.78 is 28.0. The maximum atomic E-state index is 15.2. The van der Waals surface area contributed by atoms with Gasteiger partial charge in [0.05, 0.1) is 23.3 Å². The highest BCUT2D eigenvalue weighted by Crippen LogP contribution is 2.88. The molecule has 56 heavy (non-hydrogen) atoms. The van der Waals surface area contributed by atoms with Gasteiger partial charge in [0.1, 0.15) is 0 Å². The maximum Gasteiger partial charge on any atom is 0.237 e. The smallest absolute Gasteiger partial charge is 0.237 e. The van der Waals surface area contributed by atoms with Gasteiger partial charge in [-0.25, -0.2) is 8.42 Å². The first-order chi connectivity index (χ1) is 26.0. The zero-order valence-corrected chi connectivity index (χ0v) is 36.7. The summed E-state index contributed by atoms with van der Waals surface area (Å²) in [6.45, 7) is 21.3. The van der Waals surface area contributed by atoms with Crippen LogP contribution in [0.2, 0.25) is 0 Å². The van der Waals surface area contributed by atoms with E-state index in [4.69, 9.17) is 0 Å². The van der Waals surface area contributed by atoms with Crippen molar-refractivity contribution in [2.24, 2.45) is 50.7 Å². The average molecular weight is 801 g/mol. The zero-order valence-electron chi connectivity index (χ0n) is 35.9. The van der Waals surface area contributed by atoms with Crippen LogP contribution >= 0.6 is 0 Å². The quantitative estimate of drug-likeness (QED) is 0.204. The van der Waals surface area contributed by atoms with E-state index in [0.29, 0.717) is 38.8 Å². The number of nitrogens with one attached hydrogen (secondary N) is 2. The molecule has 2 saturated heterocycles. The number of amides is 3. The molecule has 6 aliphatic rings. The van der Waals surface area contributed by atoms with Crippen molar-refractivity contribution in [3.05, 3.63) is 0 Å². The second-order valence-corrected chi connectivity index (χ2v) is 23.5. The second kappa shape index (κ2) is 15.4. The van der Waals surface area contributed by atoms with E-state index >= 15 is 4.79 Å². The van der Waals surface area contributed by atoms with Crippen molar-refractivity contribution >= 4 is 39.3 Å². The molecule has 0 radical (unpaired) electrons. The molecule has 0 aromatic carbocycles. The minimum absolute atomic E-state index is 0.0513. The molecule has 0 bridgehead atoms. The van der Waals surface area contributed by atoms with E-state index < -0.39 is 55.9 Å². The Labute approximate surface area is 337 Å². The molecular weight excluding hydrogens is 729 g/mol. The normalized spacial score (nSPS) is 29.2. The van der Waals surface area contributed by atoms with Crippen LogP contribution in [0.4, 0.5) is 0 Å². The van der Waals surface area contributed by atoms with Crippen molar-refractivity contribution in [1.29, 1.82) is 0 Å². The van der Waals surface area contributed by atoms with E-state index in [0.717, 1.165) is 64.5 Å². The fourth-order valence-corrected chi connectivity index (χ4v) is 12.8. The van der Waals surface area contributed by atoms with Gasteiger partial charge < -0.3 is 15.1 Å². The Morgan fingerprint density at radius 3 is 2.00 bits per heavy atom. The first-order valence-corrected chi connectivity index (χ1v) is 23.5. The average Bonchev–Trinajstić information content (AvgIpc) is 3.94. The first-order valence-electron chi connectivity index (χ1n) is 21.9. The summed E-state index contributed by atoms with van der Waals surface area (Å²) in [4.78, 5) is 75.8. The van der Waals surface area contributed by atoms with Crippen LogP contribution in [-0.2, 0) is 34.0 Å². The fraction of sp³-hybridized carbons (Fsp3) is 0.886. The third kappa shape index (κ3) is 8.01. The van der Waals surface area contributed by atoms with Gasteiger partial charge in [0.2, 0.25) is 27.7 Å². The number of likely N-dealkylation sites (tertiary alicyclic amines) is 2. The van der Waals surface area contributed by atoms with Crippen LogP contribution in [0.5, 0.6) is 0 Å². The lowest BCUT2D eigenvalue weighted by Gasteiger charge is -2.38. The van der Waals surface area contributed by atoms with Crippen molar-refractivity contribution < 1.29 is 32.4 Å². The Hall–Kier alpha value is -2.34. The Balaban J connectivity index is 1.25. The molecule has 2 spiro atoms. The van der Waals surface area contributed by atoms with Gasteiger partial charge >= 0.3 is 0 Å². The third-order valence-electron chi connectivity index (χ3n) is 15.9. The summed E-state index contributed by atoms with van der Waals surface area (Å²) in [5, 5.41) is 2.58. The van der Waals surface area contributed by atoms with Gasteiger partial charge in [-0.2, -0.15) is 0 Å². The van der Waals surface area contributed by atoms with Crippen LogP contribution in [0, 0.1) is 50.7 Å². The van der Waals surface area contributed by atoms with E-state index in [1.54, 1.807) is 4.90 Å². The molecule has 4 aliphatic carbocycles. The SMILES string of the molecule is CCN1CCC[C@@H](C(=O)N[C@H](C(=O)C[C@H](C(=O)N2C[C@]3(C[C@H]2C(=O)C[C@@H](CC2CCC2)C(=O)NS(=O)(=O)C2CC2)C(C)(C)C32CCC2)C(C)(C)C)C(C)(C)C)C1. The Bertz CT molecular complexity index is 1670. The highest BCUT2D eigenvalue weighted by Gasteiger charge is 2.85. The molecule has 0 unspecified atom stereocenters. The van der Waals surface area contributed by atoms with E-state index in [1.807, 2.05) is 41.5 Å². The van der Waals surface area contributed by atoms with Crippen molar-refractivity contribution in [2.75, 3.05) is 26.2 Å². The van der Waals surface area contributed by atoms with Crippen molar-refractivity contribution in [3.63, 3.8) is 0 Å². The number of ketones is 2. The molecule has 3 amide bonds. The Morgan fingerprint density at radius 2 is 1.50 bits per heavy atom. The molecule has 6 atom stereocenters. The van der Waals surface area contributed by atoms with Crippen molar-refractivity contribution in [3.8, 4) is 0 Å². The van der Waals surface area contributed by atoms with Gasteiger partial charge in [0.25, 0.3) is 0 Å². The van der Waals surface area contributed by atoms with Gasteiger partial charge in [0.15, 0.2) is 11.6 Å². The van der Waals surface area contributed by atoms with Crippen molar-refractivity contribution in [2.45, 2.75) is 170 Å². The molecule has 12 heteroatoms. The fourth-order valence-electron chi connectivity index (χ4n) is 11.5. The van der Waals surface area contributed by atoms with Crippen LogP contribution in [-0.4, -0.2) is 91.0 Å². The molecule has 0 aromatic heterocycles. The van der Waals surface area contributed by atoms with Crippen LogP contribution in [0.3, 0.4) is 0 Å². The van der Waals surface area contributed by atoms with E-state index in [2.05, 4.69) is 35.7 Å². The number of Topliss-reactive ketones (excluding diaryl/α,β-unsaturated/α-hetero) is 2. The lowest BCUT2D eigenvalue weighted by molar-refractivity contribution is -0.147. The molecule has 2 aliphatic heterocycles. The molecule has 316 valence electrons. The number of nitrogens with zero attached hydrogens (tertiary/aromatic N) is 2. The molecule has 6 rings (SSSR count). The predicted molar refractivity (Wildman–Crippen MR) is 217 cm³/mol. The molecule has 2 heterocycles. The first kappa shape index (κ1) is 43.2. The summed E-state index contributed by atoms with van der Waals surface area (Å²) in [5.74, 6) is -2.78. The van der Waals surface area contributed by atoms with Crippen LogP contribution in [0.25, 0.3) is 0 Å². The van der Waals surface area contributed by atoms with Gasteiger partial charge in [-0.15, -0.1) is 0 Å². The van der Waals surface area contributed by atoms with E-state index in [9.17, 15) is 27.6 Å². The summed E-state index contributed by atoms with van der Waals surface area (Å²) in [6, 6.07) is -1.55. The van der Waals surface area contributed by atoms with Gasteiger partial charge in [0, 0.05) is 43.2 Å². The lowest BCUT2D eigenvalue weighted by atomic mass is 9.73. The standard InChI is InChI=1S/C44H72N4O7S/c1-10-47-21-12-16-29(26-47)37(51)45-36(41(5,6)7)35(50)24-32(40(2,3)4)39(53)48-27-44(42(8,9)43(44)19-13-20-43)25-33(48)34(49)23-30(22-28-14-11-15-28)38(52)46-56(54,55)31-17-18-31/h28-33,36H,10-27H2,1-9H3,(H,45,51)(H,46,52)/t29-,30-,32-,33+,36-,44-/m1/s1. The molecule has 0 aromatic rings. The third-order valence-corrected chi connectivity index (χ3v) is 17.7. The predicted octanol–water partition coefficient (Wildman–Crippen LogP) is 6.04. The molecule has 2 N–H and O–H groups in total. The highest BCUT2D eigenvalue weighted by molar-refractivity contribution is 7.90. The minimum Gasteiger partial charge on any atom is -0.345 e. The topological polar surface area (TPSA) is 150 Å². The van der Waals surface area contributed by atoms with Crippen LogP contribution in [0.1, 0.15) is 152 Å². The monoisotopic (exact) mass is 801 g/mol. The number of hydrogen-bond acceptors (Lipinski definition) is 8. The summed E-state index contributed by atoms with van der Waals surface area (Å²) in [6.07, 6.45) is 9.76. The second-order valence-electron chi connectivity index (χ2n) is 21.6. The van der Waals surface area contributed by atoms with Crippen LogP contribution in [0.15, 0.2) is 0 Å². The molecule has 4 saturated carbocycles. The van der Waals surface area contributed by atoms with E-state index in [-0.39, 0.29) is 64.3 Å². The Morgan fingerprint density at radius 1 is 0.839 bits per heavy atom. The van der Waals surface area contributed by atoms with Gasteiger partial charge in [-0.3, -0.25) is 28.7 Å². The Kier molecular flexibility index (Phi) is 11.9. The summed E-state index contributed by atoms with van der Waals surface area (Å²) in [7, 11) is -3.78. The number of rotatable bonds is 15. The summed E-state index contributed by atoms with van der Waals surface area (Å²) >= 11 is 0. The van der Waals surface area contributed by atoms with Gasteiger partial charge in [-0.1, -0.05) is 88.0 Å². The number of piperidine rings is 1.